The molecule has 1 aromatic carbocycles. The predicted octanol–water partition coefficient (Wildman–Crippen LogP) is 2.78. The number of ether oxygens (including phenoxy) is 1. The number of carbonyl (C=O) groups excluding carboxylic acids is 1. The van der Waals surface area contributed by atoms with E-state index in [1.54, 1.807) is 18.0 Å². The van der Waals surface area contributed by atoms with Gasteiger partial charge in [0.15, 0.2) is 5.69 Å². The molecule has 0 radical (unpaired) electrons. The second kappa shape index (κ2) is 5.68. The van der Waals surface area contributed by atoms with Gasteiger partial charge in [0.2, 0.25) is 0 Å². The van der Waals surface area contributed by atoms with E-state index >= 15 is 0 Å². The highest BCUT2D eigenvalue weighted by atomic mass is 16.5. The molecule has 0 aliphatic heterocycles. The Morgan fingerprint density at radius 1 is 1.30 bits per heavy atom. The summed E-state index contributed by atoms with van der Waals surface area (Å²) in [6.07, 6.45) is 4.77. The molecule has 6 nitrogen and oxygen atoms in total. The minimum Gasteiger partial charge on any atom is -0.495 e. The van der Waals surface area contributed by atoms with Crippen molar-refractivity contribution >= 4 is 11.6 Å². The maximum absolute atomic E-state index is 12.5. The van der Waals surface area contributed by atoms with Crippen LogP contribution in [0.25, 0.3) is 0 Å². The molecular weight excluding hydrogens is 292 g/mol. The van der Waals surface area contributed by atoms with Crippen molar-refractivity contribution < 1.29 is 9.53 Å². The number of aromatic nitrogens is 3. The van der Waals surface area contributed by atoms with Crippen molar-refractivity contribution in [1.29, 1.82) is 0 Å². The third-order valence-electron chi connectivity index (χ3n) is 4.12. The molecule has 1 aromatic heterocycles. The second-order valence-corrected chi connectivity index (χ2v) is 6.81. The molecule has 0 unspecified atom stereocenters. The summed E-state index contributed by atoms with van der Waals surface area (Å²) in [5.74, 6) is 0.418. The summed E-state index contributed by atoms with van der Waals surface area (Å²) in [5.41, 5.74) is 3.30. The van der Waals surface area contributed by atoms with Crippen molar-refractivity contribution in [2.24, 2.45) is 0 Å². The Hall–Kier alpha value is -2.37. The number of nitrogens with zero attached hydrogens (tertiary/aromatic N) is 3. The fourth-order valence-electron chi connectivity index (χ4n) is 2.83. The number of anilines is 1. The first kappa shape index (κ1) is 15.5. The summed E-state index contributed by atoms with van der Waals surface area (Å²) in [6, 6.07) is 3.98. The summed E-state index contributed by atoms with van der Waals surface area (Å²) >= 11 is 0. The number of benzene rings is 1. The summed E-state index contributed by atoms with van der Waals surface area (Å²) in [4.78, 5) is 12.5. The van der Waals surface area contributed by atoms with E-state index in [9.17, 15) is 4.79 Å². The number of nitrogens with one attached hydrogen (secondary N) is 1. The lowest BCUT2D eigenvalue weighted by molar-refractivity contribution is 0.102. The van der Waals surface area contributed by atoms with Gasteiger partial charge in [0, 0.05) is 0 Å². The van der Waals surface area contributed by atoms with Gasteiger partial charge in [-0.05, 0) is 57.2 Å². The van der Waals surface area contributed by atoms with Crippen molar-refractivity contribution in [2.75, 3.05) is 12.4 Å². The number of rotatable bonds is 3. The van der Waals surface area contributed by atoms with Crippen molar-refractivity contribution in [3.63, 3.8) is 0 Å². The first-order valence-electron chi connectivity index (χ1n) is 7.83. The van der Waals surface area contributed by atoms with Crippen LogP contribution in [-0.2, 0) is 18.4 Å². The highest BCUT2D eigenvalue weighted by Crippen LogP contribution is 2.36. The SMILES string of the molecule is COc1ccc2c(c1NC(=O)c1cn(C(C)(C)C)nn1)CCC2. The Morgan fingerprint density at radius 2 is 2.09 bits per heavy atom. The van der Waals surface area contributed by atoms with Crippen LogP contribution in [0.3, 0.4) is 0 Å². The lowest BCUT2D eigenvalue weighted by Crippen LogP contribution is -2.22. The monoisotopic (exact) mass is 314 g/mol. The molecule has 23 heavy (non-hydrogen) atoms. The zero-order valence-electron chi connectivity index (χ0n) is 14.0. The predicted molar refractivity (Wildman–Crippen MR) is 88.0 cm³/mol. The average molecular weight is 314 g/mol. The molecule has 1 N–H and O–H groups in total. The molecule has 3 rings (SSSR count). The third kappa shape index (κ3) is 2.93. The second-order valence-electron chi connectivity index (χ2n) is 6.81. The normalized spacial score (nSPS) is 13.7. The van der Waals surface area contributed by atoms with Crippen molar-refractivity contribution in [3.8, 4) is 5.75 Å². The van der Waals surface area contributed by atoms with Crippen LogP contribution >= 0.6 is 0 Å². The van der Waals surface area contributed by atoms with Gasteiger partial charge in [-0.25, -0.2) is 4.68 Å². The number of amides is 1. The quantitative estimate of drug-likeness (QED) is 0.946. The van der Waals surface area contributed by atoms with Gasteiger partial charge in [-0.1, -0.05) is 11.3 Å². The van der Waals surface area contributed by atoms with Gasteiger partial charge in [-0.3, -0.25) is 4.79 Å². The molecule has 0 saturated carbocycles. The molecule has 1 heterocycles. The number of hydrogen-bond acceptors (Lipinski definition) is 4. The molecule has 6 heteroatoms. The number of hydrogen-bond donors (Lipinski definition) is 1. The van der Waals surface area contributed by atoms with Gasteiger partial charge < -0.3 is 10.1 Å². The van der Waals surface area contributed by atoms with Crippen molar-refractivity contribution in [3.05, 3.63) is 35.2 Å². The van der Waals surface area contributed by atoms with E-state index in [-0.39, 0.29) is 11.4 Å². The van der Waals surface area contributed by atoms with E-state index in [4.69, 9.17) is 4.74 Å². The molecular formula is C17H22N4O2. The molecule has 1 aliphatic rings. The van der Waals surface area contributed by atoms with Crippen molar-refractivity contribution in [2.45, 2.75) is 45.6 Å². The largest absolute Gasteiger partial charge is 0.495 e. The smallest absolute Gasteiger partial charge is 0.277 e. The number of fused-ring (bicyclic) bond motifs is 1. The lowest BCUT2D eigenvalue weighted by atomic mass is 10.1. The van der Waals surface area contributed by atoms with Crippen molar-refractivity contribution in [1.82, 2.24) is 15.0 Å². The Kier molecular flexibility index (Phi) is 3.83. The Labute approximate surface area is 135 Å². The topological polar surface area (TPSA) is 69.0 Å². The Morgan fingerprint density at radius 3 is 2.74 bits per heavy atom. The molecule has 1 aliphatic carbocycles. The minimum atomic E-state index is -0.265. The lowest BCUT2D eigenvalue weighted by Gasteiger charge is -2.17. The van der Waals surface area contributed by atoms with Gasteiger partial charge in [-0.15, -0.1) is 5.10 Å². The van der Waals surface area contributed by atoms with Crippen LogP contribution in [0.4, 0.5) is 5.69 Å². The van der Waals surface area contributed by atoms with Gasteiger partial charge in [0.05, 0.1) is 24.5 Å². The molecule has 122 valence electrons. The Bertz CT molecular complexity index is 744. The summed E-state index contributed by atoms with van der Waals surface area (Å²) in [6.45, 7) is 6.03. The van der Waals surface area contributed by atoms with Crippen LogP contribution in [0.15, 0.2) is 18.3 Å². The van der Waals surface area contributed by atoms with Gasteiger partial charge in [0.1, 0.15) is 5.75 Å². The van der Waals surface area contributed by atoms with E-state index in [2.05, 4.69) is 21.7 Å². The van der Waals surface area contributed by atoms with Crippen LogP contribution in [-0.4, -0.2) is 28.0 Å². The van der Waals surface area contributed by atoms with Gasteiger partial charge >= 0.3 is 0 Å². The Balaban J connectivity index is 1.89. The first-order valence-corrected chi connectivity index (χ1v) is 7.83. The molecule has 2 aromatic rings. The zero-order valence-corrected chi connectivity index (χ0v) is 14.0. The third-order valence-corrected chi connectivity index (χ3v) is 4.12. The van der Waals surface area contributed by atoms with E-state index in [1.165, 1.54) is 11.1 Å². The summed E-state index contributed by atoms with van der Waals surface area (Å²) < 4.78 is 7.10. The fourth-order valence-corrected chi connectivity index (χ4v) is 2.83. The van der Waals surface area contributed by atoms with Crippen LogP contribution in [0.1, 0.15) is 48.8 Å². The number of methoxy groups -OCH3 is 1. The molecule has 0 saturated heterocycles. The average Bonchev–Trinajstić information content (AvgIpc) is 3.16. The fraction of sp³-hybridized carbons (Fsp3) is 0.471. The number of aryl methyl sites for hydroxylation is 1. The molecule has 0 fully saturated rings. The highest BCUT2D eigenvalue weighted by molar-refractivity contribution is 6.04. The highest BCUT2D eigenvalue weighted by Gasteiger charge is 2.23. The standard InChI is InChI=1S/C17H22N4O2/c1-17(2,3)21-10-13(19-20-21)16(22)18-15-12-7-5-6-11(12)8-9-14(15)23-4/h8-10H,5-7H2,1-4H3,(H,18,22). The zero-order chi connectivity index (χ0) is 16.6. The van der Waals surface area contributed by atoms with Crippen LogP contribution in [0.2, 0.25) is 0 Å². The minimum absolute atomic E-state index is 0.211. The summed E-state index contributed by atoms with van der Waals surface area (Å²) in [5, 5.41) is 11.0. The van der Waals surface area contributed by atoms with Crippen LogP contribution in [0.5, 0.6) is 5.75 Å². The van der Waals surface area contributed by atoms with E-state index in [1.807, 2.05) is 26.8 Å². The van der Waals surface area contributed by atoms with Gasteiger partial charge in [0.25, 0.3) is 5.91 Å². The summed E-state index contributed by atoms with van der Waals surface area (Å²) in [7, 11) is 1.61. The molecule has 0 atom stereocenters. The maximum atomic E-state index is 12.5. The molecule has 0 spiro atoms. The van der Waals surface area contributed by atoms with Gasteiger partial charge in [-0.2, -0.15) is 0 Å². The maximum Gasteiger partial charge on any atom is 0.277 e. The van der Waals surface area contributed by atoms with E-state index < -0.39 is 0 Å². The molecule has 0 bridgehead atoms. The van der Waals surface area contributed by atoms with E-state index in [0.717, 1.165) is 24.9 Å². The van der Waals surface area contributed by atoms with E-state index in [0.29, 0.717) is 11.4 Å². The molecule has 1 amide bonds. The number of carbonyl (C=O) groups is 1. The van der Waals surface area contributed by atoms with Crippen LogP contribution < -0.4 is 10.1 Å². The van der Waals surface area contributed by atoms with Crippen LogP contribution in [0, 0.1) is 0 Å². The first-order chi connectivity index (χ1) is 10.9.